The van der Waals surface area contributed by atoms with Crippen molar-refractivity contribution in [3.8, 4) is 17.0 Å². The Bertz CT molecular complexity index is 1140. The minimum absolute atomic E-state index is 0. The van der Waals surface area contributed by atoms with E-state index in [1.54, 1.807) is 19.2 Å². The van der Waals surface area contributed by atoms with Gasteiger partial charge in [0.25, 0.3) is 0 Å². The van der Waals surface area contributed by atoms with Gasteiger partial charge in [0.1, 0.15) is 5.75 Å². The van der Waals surface area contributed by atoms with Crippen molar-refractivity contribution in [2.24, 2.45) is 12.0 Å². The number of aromatic nitrogens is 1. The van der Waals surface area contributed by atoms with Crippen LogP contribution in [0.3, 0.4) is 0 Å². The molecule has 1 N–H and O–H groups in total. The highest BCUT2D eigenvalue weighted by atomic mass is 79.9. The zero-order valence-corrected chi connectivity index (χ0v) is 19.4. The second kappa shape index (κ2) is 9.23. The van der Waals surface area contributed by atoms with Gasteiger partial charge >= 0.3 is 0 Å². The summed E-state index contributed by atoms with van der Waals surface area (Å²) in [5, 5.41) is 2.37. The van der Waals surface area contributed by atoms with Gasteiger partial charge in [-0.25, -0.2) is 18.1 Å². The predicted octanol–water partition coefficient (Wildman–Crippen LogP) is 4.13. The molecule has 150 valence electrons. The van der Waals surface area contributed by atoms with E-state index in [4.69, 9.17) is 16.3 Å². The van der Waals surface area contributed by atoms with E-state index in [2.05, 4.69) is 9.71 Å². The van der Waals surface area contributed by atoms with Gasteiger partial charge in [0, 0.05) is 23.0 Å². The van der Waals surface area contributed by atoms with Gasteiger partial charge in [-0.1, -0.05) is 11.6 Å². The summed E-state index contributed by atoms with van der Waals surface area (Å²) in [6.07, 6.45) is 0. The molecule has 0 bridgehead atoms. The van der Waals surface area contributed by atoms with Gasteiger partial charge in [0.05, 0.1) is 23.4 Å². The van der Waals surface area contributed by atoms with Crippen molar-refractivity contribution in [2.75, 3.05) is 14.2 Å². The topological polar surface area (TPSA) is 72.7 Å². The average molecular weight is 505 g/mol. The molecule has 0 aliphatic rings. The van der Waals surface area contributed by atoms with Crippen molar-refractivity contribution in [1.29, 1.82) is 0 Å². The maximum atomic E-state index is 12.1. The maximum Gasteiger partial charge on any atom is 0.240 e. The molecule has 1 heterocycles. The van der Waals surface area contributed by atoms with Crippen LogP contribution >= 0.6 is 39.9 Å². The van der Waals surface area contributed by atoms with Crippen LogP contribution < -0.4 is 14.3 Å². The van der Waals surface area contributed by atoms with Crippen LogP contribution in [0.25, 0.3) is 11.3 Å². The van der Waals surface area contributed by atoms with Gasteiger partial charge in [-0.05, 0) is 49.5 Å². The van der Waals surface area contributed by atoms with Crippen LogP contribution in [0.1, 0.15) is 0 Å². The smallest absolute Gasteiger partial charge is 0.240 e. The quantitative estimate of drug-likeness (QED) is 0.568. The Morgan fingerprint density at radius 3 is 2.46 bits per heavy atom. The van der Waals surface area contributed by atoms with Crippen molar-refractivity contribution in [1.82, 2.24) is 9.29 Å². The van der Waals surface area contributed by atoms with Crippen molar-refractivity contribution in [2.45, 2.75) is 4.90 Å². The summed E-state index contributed by atoms with van der Waals surface area (Å²) in [4.78, 5) is 5.55. The molecule has 0 radical (unpaired) electrons. The summed E-state index contributed by atoms with van der Waals surface area (Å²) in [6, 6.07) is 12.0. The molecule has 28 heavy (non-hydrogen) atoms. The minimum Gasteiger partial charge on any atom is -0.497 e. The Kier molecular flexibility index (Phi) is 7.46. The lowest BCUT2D eigenvalue weighted by Crippen LogP contribution is -2.18. The van der Waals surface area contributed by atoms with E-state index in [-0.39, 0.29) is 21.9 Å². The molecule has 6 nitrogen and oxygen atoms in total. The Balaban J connectivity index is 0.00000280. The standard InChI is InChI=1S/C18H18ClN3O3S2.BrH/c1-20-27(23,24)14-8-9-16(19)15(10-14)17-11-26-18(22(17)2)21-12-4-6-13(25-3)7-5-12;/h4-11,20H,1-3H3;1H. The van der Waals surface area contributed by atoms with Gasteiger partial charge in [-0.3, -0.25) is 0 Å². The molecule has 2 aromatic carbocycles. The Hall–Kier alpha value is -1.65. The summed E-state index contributed by atoms with van der Waals surface area (Å²) in [5.41, 5.74) is 2.20. The third-order valence-electron chi connectivity index (χ3n) is 4.01. The molecule has 0 atom stereocenters. The van der Waals surface area contributed by atoms with Crippen LogP contribution in [0, 0.1) is 0 Å². The molecule has 0 amide bonds. The molecule has 10 heteroatoms. The third-order valence-corrected chi connectivity index (χ3v) is 6.67. The van der Waals surface area contributed by atoms with Crippen molar-refractivity contribution < 1.29 is 13.2 Å². The number of methoxy groups -OCH3 is 1. The van der Waals surface area contributed by atoms with E-state index < -0.39 is 10.0 Å². The first-order valence-corrected chi connectivity index (χ1v) is 10.7. The average Bonchev–Trinajstić information content (AvgIpc) is 3.03. The molecule has 0 saturated heterocycles. The van der Waals surface area contributed by atoms with E-state index in [1.807, 2.05) is 41.3 Å². The fraction of sp³-hybridized carbons (Fsp3) is 0.167. The lowest BCUT2D eigenvalue weighted by atomic mass is 10.2. The number of ether oxygens (including phenoxy) is 1. The number of thiazole rings is 1. The number of halogens is 2. The van der Waals surface area contributed by atoms with Gasteiger partial charge < -0.3 is 9.30 Å². The monoisotopic (exact) mass is 503 g/mol. The summed E-state index contributed by atoms with van der Waals surface area (Å²) >= 11 is 7.78. The van der Waals surface area contributed by atoms with Crippen LogP contribution in [0.2, 0.25) is 5.02 Å². The van der Waals surface area contributed by atoms with E-state index in [0.717, 1.165) is 21.9 Å². The summed E-state index contributed by atoms with van der Waals surface area (Å²) in [6.45, 7) is 0. The number of hydrogen-bond acceptors (Lipinski definition) is 5. The Morgan fingerprint density at radius 2 is 1.86 bits per heavy atom. The van der Waals surface area contributed by atoms with E-state index in [9.17, 15) is 8.42 Å². The lowest BCUT2D eigenvalue weighted by Gasteiger charge is -2.09. The van der Waals surface area contributed by atoms with E-state index in [1.165, 1.54) is 24.5 Å². The van der Waals surface area contributed by atoms with Crippen LogP contribution in [-0.4, -0.2) is 27.1 Å². The largest absolute Gasteiger partial charge is 0.497 e. The number of nitrogens with zero attached hydrogens (tertiary/aromatic N) is 2. The molecule has 3 rings (SSSR count). The van der Waals surface area contributed by atoms with Crippen LogP contribution in [-0.2, 0) is 17.1 Å². The highest BCUT2D eigenvalue weighted by Gasteiger charge is 2.16. The van der Waals surface area contributed by atoms with Gasteiger partial charge in [0.15, 0.2) is 4.80 Å². The number of hydrogen-bond donors (Lipinski definition) is 1. The number of nitrogens with one attached hydrogen (secondary N) is 1. The number of sulfonamides is 1. The highest BCUT2D eigenvalue weighted by molar-refractivity contribution is 8.93. The first-order valence-electron chi connectivity index (χ1n) is 7.92. The molecular weight excluding hydrogens is 486 g/mol. The number of rotatable bonds is 5. The third kappa shape index (κ3) is 4.66. The fourth-order valence-electron chi connectivity index (χ4n) is 2.47. The van der Waals surface area contributed by atoms with Crippen molar-refractivity contribution in [3.63, 3.8) is 0 Å². The van der Waals surface area contributed by atoms with E-state index in [0.29, 0.717) is 10.6 Å². The molecule has 0 spiro atoms. The van der Waals surface area contributed by atoms with Gasteiger partial charge in [0.2, 0.25) is 10.0 Å². The SMILES string of the molecule is Br.CNS(=O)(=O)c1ccc(Cl)c(-c2csc(=Nc3ccc(OC)cc3)n2C)c1. The van der Waals surface area contributed by atoms with E-state index >= 15 is 0 Å². The normalized spacial score (nSPS) is 11.9. The molecule has 0 aliphatic carbocycles. The molecule has 0 fully saturated rings. The second-order valence-electron chi connectivity index (χ2n) is 5.62. The minimum atomic E-state index is -3.56. The van der Waals surface area contributed by atoms with Crippen LogP contribution in [0.15, 0.2) is 57.7 Å². The van der Waals surface area contributed by atoms with Gasteiger partial charge in [-0.2, -0.15) is 0 Å². The zero-order valence-electron chi connectivity index (χ0n) is 15.3. The molecular formula is C18H19BrClN3O3S2. The van der Waals surface area contributed by atoms with Gasteiger partial charge in [-0.15, -0.1) is 28.3 Å². The molecule has 0 saturated carbocycles. The summed E-state index contributed by atoms with van der Waals surface area (Å²) in [7, 11) is 1.30. The zero-order chi connectivity index (χ0) is 19.6. The molecule has 0 aliphatic heterocycles. The summed E-state index contributed by atoms with van der Waals surface area (Å²) < 4.78 is 33.5. The van der Waals surface area contributed by atoms with Crippen molar-refractivity contribution in [3.05, 3.63) is 57.7 Å². The maximum absolute atomic E-state index is 12.1. The van der Waals surface area contributed by atoms with Crippen LogP contribution in [0.5, 0.6) is 5.75 Å². The Morgan fingerprint density at radius 1 is 1.18 bits per heavy atom. The molecule has 1 aromatic heterocycles. The first kappa shape index (κ1) is 22.6. The molecule has 0 unspecified atom stereocenters. The predicted molar refractivity (Wildman–Crippen MR) is 119 cm³/mol. The molecule has 3 aromatic rings. The second-order valence-corrected chi connectivity index (χ2v) is 8.75. The highest BCUT2D eigenvalue weighted by Crippen LogP contribution is 2.30. The Labute approximate surface area is 183 Å². The van der Waals surface area contributed by atoms with Crippen molar-refractivity contribution >= 4 is 55.6 Å². The first-order chi connectivity index (χ1) is 12.9. The fourth-order valence-corrected chi connectivity index (χ4v) is 4.36. The number of benzene rings is 2. The lowest BCUT2D eigenvalue weighted by molar-refractivity contribution is 0.415. The van der Waals surface area contributed by atoms with Crippen LogP contribution in [0.4, 0.5) is 5.69 Å². The summed E-state index contributed by atoms with van der Waals surface area (Å²) in [5.74, 6) is 0.763.